The zero-order valence-corrected chi connectivity index (χ0v) is 10.6. The lowest BCUT2D eigenvalue weighted by atomic mass is 10.2. The highest BCUT2D eigenvalue weighted by Gasteiger charge is 2.16. The molecule has 3 rings (SSSR count). The number of aromatic nitrogens is 3. The van der Waals surface area contributed by atoms with E-state index < -0.39 is 0 Å². The molecule has 3 N–H and O–H groups in total. The summed E-state index contributed by atoms with van der Waals surface area (Å²) in [7, 11) is 0. The molecule has 98 valence electrons. The first-order valence-corrected chi connectivity index (χ1v) is 6.38. The van der Waals surface area contributed by atoms with Crippen molar-refractivity contribution >= 4 is 11.8 Å². The van der Waals surface area contributed by atoms with Gasteiger partial charge in [-0.2, -0.15) is 4.98 Å². The first-order valence-electron chi connectivity index (χ1n) is 6.38. The Kier molecular flexibility index (Phi) is 3.24. The summed E-state index contributed by atoms with van der Waals surface area (Å²) in [4.78, 5) is 15.3. The van der Waals surface area contributed by atoms with Crippen LogP contribution in [0.15, 0.2) is 30.6 Å². The lowest BCUT2D eigenvalue weighted by molar-refractivity contribution is 0.900. The van der Waals surface area contributed by atoms with Crippen molar-refractivity contribution in [2.24, 2.45) is 5.84 Å². The van der Waals surface area contributed by atoms with Crippen LogP contribution >= 0.6 is 0 Å². The Morgan fingerprint density at radius 3 is 2.74 bits per heavy atom. The molecule has 3 heterocycles. The molecular formula is C13H16N6. The number of hydrazine groups is 1. The minimum Gasteiger partial charge on any atom is -0.341 e. The Labute approximate surface area is 111 Å². The van der Waals surface area contributed by atoms with Gasteiger partial charge in [-0.15, -0.1) is 0 Å². The second kappa shape index (κ2) is 5.19. The van der Waals surface area contributed by atoms with Crippen molar-refractivity contribution in [2.75, 3.05) is 23.4 Å². The third-order valence-electron chi connectivity index (χ3n) is 3.21. The average Bonchev–Trinajstić information content (AvgIpc) is 3.02. The van der Waals surface area contributed by atoms with E-state index in [4.69, 9.17) is 5.84 Å². The van der Waals surface area contributed by atoms with Gasteiger partial charge in [-0.25, -0.2) is 10.8 Å². The third kappa shape index (κ3) is 2.48. The van der Waals surface area contributed by atoms with Gasteiger partial charge in [-0.1, -0.05) is 0 Å². The lowest BCUT2D eigenvalue weighted by Crippen LogP contribution is -2.22. The van der Waals surface area contributed by atoms with Crippen molar-refractivity contribution in [3.8, 4) is 11.3 Å². The summed E-state index contributed by atoms with van der Waals surface area (Å²) in [6.45, 7) is 2.00. The summed E-state index contributed by atoms with van der Waals surface area (Å²) in [5, 5.41) is 0. The number of hydrogen-bond acceptors (Lipinski definition) is 6. The predicted octanol–water partition coefficient (Wildman–Crippen LogP) is 1.42. The Morgan fingerprint density at radius 1 is 1.21 bits per heavy atom. The predicted molar refractivity (Wildman–Crippen MR) is 74.5 cm³/mol. The fourth-order valence-corrected chi connectivity index (χ4v) is 2.23. The highest BCUT2D eigenvalue weighted by Crippen LogP contribution is 2.23. The van der Waals surface area contributed by atoms with Crippen LogP contribution in [0.4, 0.5) is 11.8 Å². The molecular weight excluding hydrogens is 240 g/mol. The molecule has 2 aromatic heterocycles. The number of hydrogen-bond donors (Lipinski definition) is 2. The van der Waals surface area contributed by atoms with E-state index in [1.165, 1.54) is 12.8 Å². The quantitative estimate of drug-likeness (QED) is 0.638. The van der Waals surface area contributed by atoms with E-state index in [0.29, 0.717) is 5.82 Å². The summed E-state index contributed by atoms with van der Waals surface area (Å²) < 4.78 is 0. The number of nitrogens with two attached hydrogens (primary N) is 1. The van der Waals surface area contributed by atoms with Crippen LogP contribution in [0.1, 0.15) is 12.8 Å². The maximum Gasteiger partial charge on any atom is 0.227 e. The second-order valence-electron chi connectivity index (χ2n) is 4.52. The SMILES string of the molecule is NNc1cc(-c2cccnc2)nc(N2CCCC2)n1. The number of nitrogens with one attached hydrogen (secondary N) is 1. The Hall–Kier alpha value is -2.21. The van der Waals surface area contributed by atoms with Crippen LogP contribution < -0.4 is 16.2 Å². The monoisotopic (exact) mass is 256 g/mol. The average molecular weight is 256 g/mol. The normalized spacial score (nSPS) is 14.7. The van der Waals surface area contributed by atoms with Gasteiger partial charge in [0.25, 0.3) is 0 Å². The highest BCUT2D eigenvalue weighted by molar-refractivity contribution is 5.63. The molecule has 1 saturated heterocycles. The van der Waals surface area contributed by atoms with Gasteiger partial charge in [-0.3, -0.25) is 4.98 Å². The van der Waals surface area contributed by atoms with E-state index in [2.05, 4.69) is 25.3 Å². The largest absolute Gasteiger partial charge is 0.341 e. The van der Waals surface area contributed by atoms with E-state index in [0.717, 1.165) is 30.3 Å². The fraction of sp³-hybridized carbons (Fsp3) is 0.308. The van der Waals surface area contributed by atoms with E-state index >= 15 is 0 Å². The molecule has 0 amide bonds. The minimum atomic E-state index is 0.621. The number of rotatable bonds is 3. The van der Waals surface area contributed by atoms with Gasteiger partial charge in [0.1, 0.15) is 5.82 Å². The van der Waals surface area contributed by atoms with Gasteiger partial charge in [0, 0.05) is 37.1 Å². The lowest BCUT2D eigenvalue weighted by Gasteiger charge is -2.17. The van der Waals surface area contributed by atoms with Crippen LogP contribution in [0.3, 0.4) is 0 Å². The van der Waals surface area contributed by atoms with Gasteiger partial charge in [-0.05, 0) is 25.0 Å². The van der Waals surface area contributed by atoms with Crippen molar-refractivity contribution in [2.45, 2.75) is 12.8 Å². The standard InChI is InChI=1S/C13H16N6/c14-18-12-8-11(10-4-3-5-15-9-10)16-13(17-12)19-6-1-2-7-19/h3-5,8-9H,1-2,6-7,14H2,(H,16,17,18). The van der Waals surface area contributed by atoms with E-state index in [1.807, 2.05) is 18.2 Å². The van der Waals surface area contributed by atoms with Crippen LogP contribution in [0.25, 0.3) is 11.3 Å². The molecule has 0 atom stereocenters. The number of nitrogen functional groups attached to an aromatic ring is 1. The van der Waals surface area contributed by atoms with E-state index in [-0.39, 0.29) is 0 Å². The summed E-state index contributed by atoms with van der Waals surface area (Å²) in [6, 6.07) is 5.70. The first-order chi connectivity index (χ1) is 9.36. The molecule has 0 bridgehead atoms. The van der Waals surface area contributed by atoms with Gasteiger partial charge in [0.15, 0.2) is 0 Å². The molecule has 0 aliphatic carbocycles. The summed E-state index contributed by atoms with van der Waals surface area (Å²) in [6.07, 6.45) is 5.91. The number of nitrogens with zero attached hydrogens (tertiary/aromatic N) is 4. The van der Waals surface area contributed by atoms with Gasteiger partial charge in [0.2, 0.25) is 5.95 Å². The van der Waals surface area contributed by atoms with Crippen LogP contribution in [0.2, 0.25) is 0 Å². The molecule has 1 fully saturated rings. The number of pyridine rings is 1. The molecule has 0 unspecified atom stereocenters. The van der Waals surface area contributed by atoms with E-state index in [1.54, 1.807) is 12.4 Å². The van der Waals surface area contributed by atoms with Gasteiger partial charge in [0.05, 0.1) is 5.69 Å². The summed E-state index contributed by atoms with van der Waals surface area (Å²) >= 11 is 0. The smallest absolute Gasteiger partial charge is 0.227 e. The van der Waals surface area contributed by atoms with Crippen molar-refractivity contribution in [1.29, 1.82) is 0 Å². The molecule has 0 aromatic carbocycles. The molecule has 0 saturated carbocycles. The maximum atomic E-state index is 5.49. The summed E-state index contributed by atoms with van der Waals surface area (Å²) in [5.41, 5.74) is 4.39. The molecule has 1 aliphatic heterocycles. The molecule has 6 heteroatoms. The fourth-order valence-electron chi connectivity index (χ4n) is 2.23. The van der Waals surface area contributed by atoms with Gasteiger partial charge < -0.3 is 10.3 Å². The maximum absolute atomic E-state index is 5.49. The Bertz CT molecular complexity index is 550. The van der Waals surface area contributed by atoms with Gasteiger partial charge >= 0.3 is 0 Å². The third-order valence-corrected chi connectivity index (χ3v) is 3.21. The summed E-state index contributed by atoms with van der Waals surface area (Å²) in [5.74, 6) is 6.84. The minimum absolute atomic E-state index is 0.621. The van der Waals surface area contributed by atoms with Crippen LogP contribution in [0.5, 0.6) is 0 Å². The van der Waals surface area contributed by atoms with Crippen molar-refractivity contribution in [1.82, 2.24) is 15.0 Å². The molecule has 0 spiro atoms. The molecule has 2 aromatic rings. The Morgan fingerprint density at radius 2 is 2.05 bits per heavy atom. The Balaban J connectivity index is 2.02. The molecule has 6 nitrogen and oxygen atoms in total. The number of anilines is 2. The second-order valence-corrected chi connectivity index (χ2v) is 4.52. The zero-order valence-electron chi connectivity index (χ0n) is 10.6. The van der Waals surface area contributed by atoms with Crippen LogP contribution in [-0.2, 0) is 0 Å². The highest BCUT2D eigenvalue weighted by atomic mass is 15.3. The molecule has 1 aliphatic rings. The zero-order chi connectivity index (χ0) is 13.1. The molecule has 0 radical (unpaired) electrons. The van der Waals surface area contributed by atoms with Crippen molar-refractivity contribution in [3.05, 3.63) is 30.6 Å². The molecule has 19 heavy (non-hydrogen) atoms. The topological polar surface area (TPSA) is 80.0 Å². The van der Waals surface area contributed by atoms with E-state index in [9.17, 15) is 0 Å². The van der Waals surface area contributed by atoms with Crippen molar-refractivity contribution < 1.29 is 0 Å². The first kappa shape index (κ1) is 11.9. The van der Waals surface area contributed by atoms with Crippen LogP contribution in [0, 0.1) is 0 Å². The van der Waals surface area contributed by atoms with Crippen molar-refractivity contribution in [3.63, 3.8) is 0 Å². The van der Waals surface area contributed by atoms with Crippen LogP contribution in [-0.4, -0.2) is 28.0 Å².